The standard InChI is InChI=1S/CH6N2O2S/c1-2-3-6(4)5/h2,6H,1H3,(H,3,4,5). The molecule has 0 rings (SSSR count). The van der Waals surface area contributed by atoms with Crippen LogP contribution in [0.25, 0.3) is 0 Å². The third kappa shape index (κ3) is 3.87. The summed E-state index contributed by atoms with van der Waals surface area (Å²) < 4.78 is 18.9. The monoisotopic (exact) mass is 110 g/mol. The van der Waals surface area contributed by atoms with Crippen molar-refractivity contribution in [2.75, 3.05) is 7.05 Å². The van der Waals surface area contributed by atoms with Crippen LogP contribution in [0.4, 0.5) is 0 Å². The van der Waals surface area contributed by atoms with Gasteiger partial charge in [-0.05, 0) is 7.05 Å². The fraction of sp³-hybridized carbons (Fsp3) is 1.00. The molecular weight excluding hydrogens is 104 g/mol. The van der Waals surface area contributed by atoms with Crippen molar-refractivity contribution < 1.29 is 8.42 Å². The highest BCUT2D eigenvalue weighted by Crippen LogP contribution is 1.34. The van der Waals surface area contributed by atoms with Crippen LogP contribution in [0.5, 0.6) is 0 Å². The van der Waals surface area contributed by atoms with E-state index in [0.717, 1.165) is 0 Å². The Morgan fingerprint density at radius 3 is 2.00 bits per heavy atom. The van der Waals surface area contributed by atoms with E-state index in [1.165, 1.54) is 7.05 Å². The zero-order chi connectivity index (χ0) is 4.99. The zero-order valence-electron chi connectivity index (χ0n) is 3.26. The molecule has 0 aliphatic carbocycles. The van der Waals surface area contributed by atoms with Gasteiger partial charge >= 0.3 is 0 Å². The first-order valence-corrected chi connectivity index (χ1v) is 2.52. The molecule has 2 N–H and O–H groups in total. The lowest BCUT2D eigenvalue weighted by Crippen LogP contribution is -2.25. The first-order valence-electron chi connectivity index (χ1n) is 1.34. The van der Waals surface area contributed by atoms with Crippen molar-refractivity contribution in [1.29, 1.82) is 0 Å². The smallest absolute Gasteiger partial charge is 0.214 e. The Morgan fingerprint density at radius 2 is 2.00 bits per heavy atom. The normalized spacial score (nSPS) is 9.67. The summed E-state index contributed by atoms with van der Waals surface area (Å²) in [4.78, 5) is 1.91. The van der Waals surface area contributed by atoms with Crippen LogP contribution in [-0.2, 0) is 10.9 Å². The van der Waals surface area contributed by atoms with Gasteiger partial charge in [0.25, 0.3) is 0 Å². The highest BCUT2D eigenvalue weighted by Gasteiger charge is 1.68. The summed E-state index contributed by atoms with van der Waals surface area (Å²) in [6, 6.07) is 0. The van der Waals surface area contributed by atoms with Crippen molar-refractivity contribution in [3.63, 3.8) is 0 Å². The van der Waals surface area contributed by atoms with Crippen LogP contribution in [0.2, 0.25) is 0 Å². The summed E-state index contributed by atoms with van der Waals surface area (Å²) in [7, 11) is -0.984. The van der Waals surface area contributed by atoms with Gasteiger partial charge in [0, 0.05) is 0 Å². The molecule has 0 fully saturated rings. The summed E-state index contributed by atoms with van der Waals surface area (Å²) in [5, 5.41) is 0. The number of hydrogen-bond donors (Lipinski definition) is 3. The Balaban J connectivity index is 3.07. The van der Waals surface area contributed by atoms with Gasteiger partial charge in [-0.25, -0.2) is 13.8 Å². The van der Waals surface area contributed by atoms with Gasteiger partial charge < -0.3 is 0 Å². The van der Waals surface area contributed by atoms with E-state index in [1.54, 1.807) is 0 Å². The molecule has 0 saturated heterocycles. The molecule has 4 nitrogen and oxygen atoms in total. The largest absolute Gasteiger partial charge is 0.247 e. The van der Waals surface area contributed by atoms with E-state index >= 15 is 0 Å². The Bertz CT molecular complexity index is 79.5. The summed E-state index contributed by atoms with van der Waals surface area (Å²) in [6.45, 7) is 0. The molecule has 0 unspecified atom stereocenters. The van der Waals surface area contributed by atoms with Crippen LogP contribution in [0.15, 0.2) is 0 Å². The van der Waals surface area contributed by atoms with Gasteiger partial charge in [-0.1, -0.05) is 0 Å². The van der Waals surface area contributed by atoms with Crippen molar-refractivity contribution in [2.24, 2.45) is 0 Å². The lowest BCUT2D eigenvalue weighted by molar-refractivity contribution is 0.591. The zero-order valence-corrected chi connectivity index (χ0v) is 4.16. The number of rotatable bonds is 2. The minimum atomic E-state index is -2.46. The van der Waals surface area contributed by atoms with E-state index in [-0.39, 0.29) is 0 Å². The first kappa shape index (κ1) is 5.87. The average molecular weight is 110 g/mol. The molecule has 0 radical (unpaired) electrons. The molecule has 0 aliphatic rings. The topological polar surface area (TPSA) is 58.2 Å². The van der Waals surface area contributed by atoms with Crippen LogP contribution >= 0.6 is 0 Å². The fourth-order valence-electron chi connectivity index (χ4n) is 0.0913. The molecule has 0 saturated carbocycles. The van der Waals surface area contributed by atoms with Crippen LogP contribution < -0.4 is 10.3 Å². The average Bonchev–Trinajstić information content (AvgIpc) is 1.35. The highest BCUT2D eigenvalue weighted by molar-refractivity contribution is 7.70. The minimum absolute atomic E-state index is 1.48. The van der Waals surface area contributed by atoms with Crippen molar-refractivity contribution in [3.8, 4) is 0 Å². The van der Waals surface area contributed by atoms with Crippen molar-refractivity contribution in [3.05, 3.63) is 0 Å². The van der Waals surface area contributed by atoms with Gasteiger partial charge in [0.05, 0.1) is 0 Å². The molecule has 0 atom stereocenters. The lowest BCUT2D eigenvalue weighted by Gasteiger charge is -1.83. The molecule has 0 aromatic rings. The van der Waals surface area contributed by atoms with Gasteiger partial charge in [0.2, 0.25) is 10.9 Å². The Morgan fingerprint density at radius 1 is 1.50 bits per heavy atom. The first-order chi connectivity index (χ1) is 2.77. The molecule has 38 valence electrons. The van der Waals surface area contributed by atoms with Gasteiger partial charge in [-0.3, -0.25) is 0 Å². The quantitative estimate of drug-likeness (QED) is 0.291. The summed E-state index contributed by atoms with van der Waals surface area (Å²) in [5.41, 5.74) is 2.22. The van der Waals surface area contributed by atoms with E-state index in [9.17, 15) is 8.42 Å². The molecule has 0 heterocycles. The molecule has 6 heavy (non-hydrogen) atoms. The van der Waals surface area contributed by atoms with Crippen molar-refractivity contribution >= 4 is 10.9 Å². The maximum Gasteiger partial charge on any atom is 0.214 e. The maximum absolute atomic E-state index is 9.46. The van der Waals surface area contributed by atoms with Gasteiger partial charge in [0.1, 0.15) is 0 Å². The molecule has 0 aromatic heterocycles. The summed E-state index contributed by atoms with van der Waals surface area (Å²) in [6.07, 6.45) is 0. The Labute approximate surface area is 37.6 Å². The highest BCUT2D eigenvalue weighted by atomic mass is 32.2. The third-order valence-electron chi connectivity index (χ3n) is 0.203. The SMILES string of the molecule is CNN[SH](=O)=O. The predicted molar refractivity (Wildman–Crippen MR) is 22.5 cm³/mol. The number of hydrogen-bond acceptors (Lipinski definition) is 3. The Kier molecular flexibility index (Phi) is 3.01. The molecule has 0 aromatic carbocycles. The van der Waals surface area contributed by atoms with Gasteiger partial charge in [-0.2, -0.15) is 4.83 Å². The predicted octanol–water partition coefficient (Wildman–Crippen LogP) is -1.76. The molecule has 5 heteroatoms. The second-order valence-corrected chi connectivity index (χ2v) is 1.36. The fourth-order valence-corrected chi connectivity index (χ4v) is 0.274. The number of hydrazine groups is 1. The van der Waals surface area contributed by atoms with Crippen molar-refractivity contribution in [1.82, 2.24) is 10.3 Å². The molecule has 0 aliphatic heterocycles. The Hall–Kier alpha value is -0.130. The second kappa shape index (κ2) is 3.08. The summed E-state index contributed by atoms with van der Waals surface area (Å²) >= 11 is 0. The minimum Gasteiger partial charge on any atom is -0.247 e. The van der Waals surface area contributed by atoms with E-state index in [2.05, 4.69) is 5.43 Å². The van der Waals surface area contributed by atoms with Crippen LogP contribution in [0, 0.1) is 0 Å². The van der Waals surface area contributed by atoms with Gasteiger partial charge in [-0.15, -0.1) is 0 Å². The van der Waals surface area contributed by atoms with E-state index in [4.69, 9.17) is 0 Å². The van der Waals surface area contributed by atoms with Crippen LogP contribution in [0.3, 0.4) is 0 Å². The van der Waals surface area contributed by atoms with E-state index in [1.807, 2.05) is 4.83 Å². The maximum atomic E-state index is 9.46. The van der Waals surface area contributed by atoms with Crippen molar-refractivity contribution in [2.45, 2.75) is 0 Å². The second-order valence-electron chi connectivity index (χ2n) is 0.619. The number of thiol groups is 1. The number of nitrogens with one attached hydrogen (secondary N) is 2. The van der Waals surface area contributed by atoms with Crippen LogP contribution in [-0.4, -0.2) is 15.5 Å². The molecule has 0 amide bonds. The van der Waals surface area contributed by atoms with Crippen LogP contribution in [0.1, 0.15) is 0 Å². The van der Waals surface area contributed by atoms with E-state index in [0.29, 0.717) is 0 Å². The third-order valence-corrected chi connectivity index (χ3v) is 0.609. The van der Waals surface area contributed by atoms with Gasteiger partial charge in [0.15, 0.2) is 0 Å². The summed E-state index contributed by atoms with van der Waals surface area (Å²) in [5.74, 6) is 0. The lowest BCUT2D eigenvalue weighted by atomic mass is 11.5. The molecule has 0 spiro atoms. The molecule has 0 bridgehead atoms. The molecular formula is CH6N2O2S. The van der Waals surface area contributed by atoms with E-state index < -0.39 is 10.9 Å².